The fourth-order valence-electron chi connectivity index (χ4n) is 2.14. The molecule has 1 aliphatic carbocycles. The third kappa shape index (κ3) is 2.64. The number of halogens is 1. The van der Waals surface area contributed by atoms with Gasteiger partial charge >= 0.3 is 5.97 Å². The second-order valence-electron chi connectivity index (χ2n) is 4.48. The monoisotopic (exact) mass is 282 g/mol. The molecule has 86 valence electrons. The van der Waals surface area contributed by atoms with Crippen LogP contribution in [0.3, 0.4) is 0 Å². The highest BCUT2D eigenvalue weighted by atomic mass is 79.9. The summed E-state index contributed by atoms with van der Waals surface area (Å²) in [7, 11) is 0. The zero-order valence-corrected chi connectivity index (χ0v) is 10.6. The van der Waals surface area contributed by atoms with E-state index in [1.807, 2.05) is 24.3 Å². The van der Waals surface area contributed by atoms with Crippen LogP contribution in [0, 0.1) is 5.92 Å². The summed E-state index contributed by atoms with van der Waals surface area (Å²) in [4.78, 5) is 11.2. The molecule has 16 heavy (non-hydrogen) atoms. The highest BCUT2D eigenvalue weighted by Crippen LogP contribution is 2.36. The maximum atomic E-state index is 11.2. The lowest BCUT2D eigenvalue weighted by atomic mass is 9.77. The molecule has 0 spiro atoms. The molecule has 1 saturated carbocycles. The molecule has 1 fully saturated rings. The molecule has 0 radical (unpaired) electrons. The number of hydrogen-bond donors (Lipinski definition) is 1. The Kier molecular flexibility index (Phi) is 3.64. The first-order valence-electron chi connectivity index (χ1n) is 5.65. The SMILES string of the molecule is O=C(O)C(CC1CCC1)c1ccc(Br)cc1. The van der Waals surface area contributed by atoms with Gasteiger partial charge in [0.1, 0.15) is 0 Å². The summed E-state index contributed by atoms with van der Waals surface area (Å²) < 4.78 is 0.990. The molecular weight excluding hydrogens is 268 g/mol. The highest BCUT2D eigenvalue weighted by Gasteiger charge is 2.27. The van der Waals surface area contributed by atoms with Gasteiger partial charge in [0, 0.05) is 4.47 Å². The van der Waals surface area contributed by atoms with Crippen molar-refractivity contribution in [3.63, 3.8) is 0 Å². The van der Waals surface area contributed by atoms with Gasteiger partial charge in [-0.1, -0.05) is 47.3 Å². The molecule has 2 nitrogen and oxygen atoms in total. The molecule has 2 rings (SSSR count). The van der Waals surface area contributed by atoms with Crippen molar-refractivity contribution in [3.8, 4) is 0 Å². The van der Waals surface area contributed by atoms with E-state index in [1.54, 1.807) is 0 Å². The molecule has 1 aromatic rings. The minimum Gasteiger partial charge on any atom is -0.481 e. The van der Waals surface area contributed by atoms with Crippen LogP contribution in [0.4, 0.5) is 0 Å². The van der Waals surface area contributed by atoms with E-state index in [2.05, 4.69) is 15.9 Å². The van der Waals surface area contributed by atoms with E-state index in [4.69, 9.17) is 0 Å². The number of aliphatic carboxylic acids is 1. The summed E-state index contributed by atoms with van der Waals surface area (Å²) in [5, 5.41) is 9.25. The number of carboxylic acid groups (broad SMARTS) is 1. The first-order valence-corrected chi connectivity index (χ1v) is 6.44. The van der Waals surface area contributed by atoms with Gasteiger partial charge in [-0.3, -0.25) is 4.79 Å². The Morgan fingerprint density at radius 2 is 2.00 bits per heavy atom. The Morgan fingerprint density at radius 1 is 1.38 bits per heavy atom. The molecule has 1 unspecified atom stereocenters. The summed E-state index contributed by atoms with van der Waals surface area (Å²) in [6, 6.07) is 7.63. The van der Waals surface area contributed by atoms with Gasteiger partial charge < -0.3 is 5.11 Å². The Labute approximate surface area is 104 Å². The second-order valence-corrected chi connectivity index (χ2v) is 5.39. The highest BCUT2D eigenvalue weighted by molar-refractivity contribution is 9.10. The largest absolute Gasteiger partial charge is 0.481 e. The molecule has 1 atom stereocenters. The van der Waals surface area contributed by atoms with Gasteiger partial charge in [-0.15, -0.1) is 0 Å². The van der Waals surface area contributed by atoms with Crippen molar-refractivity contribution in [2.45, 2.75) is 31.6 Å². The van der Waals surface area contributed by atoms with Crippen LogP contribution in [0.25, 0.3) is 0 Å². The number of hydrogen-bond acceptors (Lipinski definition) is 1. The van der Waals surface area contributed by atoms with Gasteiger partial charge in [-0.25, -0.2) is 0 Å². The van der Waals surface area contributed by atoms with Crippen LogP contribution in [-0.2, 0) is 4.79 Å². The molecule has 0 heterocycles. The van der Waals surface area contributed by atoms with Crippen LogP contribution in [0.1, 0.15) is 37.2 Å². The Hall–Kier alpha value is -0.830. The zero-order valence-electron chi connectivity index (χ0n) is 9.03. The fraction of sp³-hybridized carbons (Fsp3) is 0.462. The molecule has 0 aromatic heterocycles. The maximum absolute atomic E-state index is 11.2. The van der Waals surface area contributed by atoms with Crippen molar-refractivity contribution >= 4 is 21.9 Å². The molecular formula is C13H15BrO2. The van der Waals surface area contributed by atoms with E-state index in [-0.39, 0.29) is 5.92 Å². The quantitative estimate of drug-likeness (QED) is 0.912. The van der Waals surface area contributed by atoms with Crippen molar-refractivity contribution in [1.29, 1.82) is 0 Å². The fourth-order valence-corrected chi connectivity index (χ4v) is 2.40. The number of benzene rings is 1. The van der Waals surface area contributed by atoms with Crippen molar-refractivity contribution in [1.82, 2.24) is 0 Å². The third-order valence-corrected chi connectivity index (χ3v) is 3.89. The Bertz CT molecular complexity index is 368. The van der Waals surface area contributed by atoms with E-state index >= 15 is 0 Å². The smallest absolute Gasteiger partial charge is 0.310 e. The van der Waals surface area contributed by atoms with Crippen molar-refractivity contribution in [2.75, 3.05) is 0 Å². The normalized spacial score (nSPS) is 17.8. The summed E-state index contributed by atoms with van der Waals surface area (Å²) in [5.41, 5.74) is 0.919. The van der Waals surface area contributed by atoms with E-state index in [0.29, 0.717) is 5.92 Å². The first-order chi connectivity index (χ1) is 7.66. The van der Waals surface area contributed by atoms with E-state index in [9.17, 15) is 9.90 Å². The molecule has 0 aliphatic heterocycles. The number of rotatable bonds is 4. The standard InChI is InChI=1S/C13H15BrO2/c14-11-6-4-10(5-7-11)12(13(15)16)8-9-2-1-3-9/h4-7,9,12H,1-3,8H2,(H,15,16). The van der Waals surface area contributed by atoms with Crippen LogP contribution in [-0.4, -0.2) is 11.1 Å². The molecule has 0 amide bonds. The predicted octanol–water partition coefficient (Wildman–Crippen LogP) is 3.81. The molecule has 3 heteroatoms. The van der Waals surface area contributed by atoms with Crippen LogP contribution in [0.15, 0.2) is 28.7 Å². The average molecular weight is 283 g/mol. The molecule has 0 bridgehead atoms. The van der Waals surface area contributed by atoms with Gasteiger partial charge in [-0.2, -0.15) is 0 Å². The Morgan fingerprint density at radius 3 is 2.44 bits per heavy atom. The lowest BCUT2D eigenvalue weighted by Crippen LogP contribution is -2.20. The van der Waals surface area contributed by atoms with E-state index < -0.39 is 5.97 Å². The molecule has 1 N–H and O–H groups in total. The first kappa shape index (κ1) is 11.6. The zero-order chi connectivity index (χ0) is 11.5. The van der Waals surface area contributed by atoms with Crippen molar-refractivity contribution in [3.05, 3.63) is 34.3 Å². The van der Waals surface area contributed by atoms with Gasteiger partial charge in [0.05, 0.1) is 5.92 Å². The van der Waals surface area contributed by atoms with Crippen molar-refractivity contribution < 1.29 is 9.90 Å². The van der Waals surface area contributed by atoms with Crippen LogP contribution < -0.4 is 0 Å². The lowest BCUT2D eigenvalue weighted by molar-refractivity contribution is -0.139. The van der Waals surface area contributed by atoms with Gasteiger partial charge in [0.15, 0.2) is 0 Å². The van der Waals surface area contributed by atoms with Gasteiger partial charge in [0.2, 0.25) is 0 Å². The summed E-state index contributed by atoms with van der Waals surface area (Å²) >= 11 is 3.36. The van der Waals surface area contributed by atoms with Gasteiger partial charge in [-0.05, 0) is 30.0 Å². The number of carbonyl (C=O) groups is 1. The average Bonchev–Trinajstić information content (AvgIpc) is 2.18. The molecule has 0 saturated heterocycles. The van der Waals surface area contributed by atoms with E-state index in [1.165, 1.54) is 19.3 Å². The van der Waals surface area contributed by atoms with Gasteiger partial charge in [0.25, 0.3) is 0 Å². The van der Waals surface area contributed by atoms with Crippen LogP contribution in [0.5, 0.6) is 0 Å². The van der Waals surface area contributed by atoms with Crippen LogP contribution in [0.2, 0.25) is 0 Å². The van der Waals surface area contributed by atoms with Crippen molar-refractivity contribution in [2.24, 2.45) is 5.92 Å². The number of carboxylic acids is 1. The lowest BCUT2D eigenvalue weighted by Gasteiger charge is -2.28. The summed E-state index contributed by atoms with van der Waals surface area (Å²) in [5.74, 6) is -0.419. The minimum absolute atomic E-state index is 0.335. The summed E-state index contributed by atoms with van der Waals surface area (Å²) in [6.45, 7) is 0. The van der Waals surface area contributed by atoms with Crippen LogP contribution >= 0.6 is 15.9 Å². The maximum Gasteiger partial charge on any atom is 0.310 e. The third-order valence-electron chi connectivity index (χ3n) is 3.36. The van der Waals surface area contributed by atoms with E-state index in [0.717, 1.165) is 16.5 Å². The predicted molar refractivity (Wildman–Crippen MR) is 66.5 cm³/mol. The Balaban J connectivity index is 2.11. The minimum atomic E-state index is -0.700. The topological polar surface area (TPSA) is 37.3 Å². The molecule has 1 aliphatic rings. The molecule has 1 aromatic carbocycles. The second kappa shape index (κ2) is 5.00. The summed E-state index contributed by atoms with van der Waals surface area (Å²) in [6.07, 6.45) is 4.44.